The van der Waals surface area contributed by atoms with E-state index in [1.165, 1.54) is 30.6 Å². The molecule has 17 heavy (non-hydrogen) atoms. The number of unbranched alkanes of at least 4 members (excludes halogenated alkanes) is 2. The highest BCUT2D eigenvalue weighted by Crippen LogP contribution is 2.33. The first-order valence-corrected chi connectivity index (χ1v) is 7.70. The van der Waals surface area contributed by atoms with Crippen molar-refractivity contribution in [2.75, 3.05) is 5.75 Å². The molecule has 1 rings (SSSR count). The van der Waals surface area contributed by atoms with Crippen LogP contribution in [0.15, 0.2) is 24.3 Å². The number of thioether (sulfide) groups is 1. The molecule has 0 radical (unpaired) electrons. The second-order valence-electron chi connectivity index (χ2n) is 4.41. The molecule has 0 spiro atoms. The van der Waals surface area contributed by atoms with Crippen molar-refractivity contribution in [1.82, 2.24) is 0 Å². The van der Waals surface area contributed by atoms with Crippen LogP contribution in [0.3, 0.4) is 0 Å². The summed E-state index contributed by atoms with van der Waals surface area (Å²) in [5, 5.41) is 1.15. The minimum atomic E-state index is 0.153. The first-order chi connectivity index (χ1) is 8.15. The van der Waals surface area contributed by atoms with Crippen molar-refractivity contribution >= 4 is 23.4 Å². The molecule has 2 atom stereocenters. The minimum absolute atomic E-state index is 0.153. The summed E-state index contributed by atoms with van der Waals surface area (Å²) in [6, 6.07) is 8.21. The Kier molecular flexibility index (Phi) is 7.02. The van der Waals surface area contributed by atoms with Crippen LogP contribution in [0.2, 0.25) is 5.02 Å². The van der Waals surface area contributed by atoms with E-state index in [0.717, 1.165) is 5.02 Å². The van der Waals surface area contributed by atoms with Crippen molar-refractivity contribution in [2.45, 2.75) is 44.4 Å². The molecule has 3 heteroatoms. The monoisotopic (exact) mass is 271 g/mol. The molecule has 0 aromatic heterocycles. The van der Waals surface area contributed by atoms with Gasteiger partial charge in [-0.2, -0.15) is 11.8 Å². The Hall–Kier alpha value is -0.180. The van der Waals surface area contributed by atoms with Crippen molar-refractivity contribution in [3.8, 4) is 0 Å². The zero-order valence-electron chi connectivity index (χ0n) is 10.7. The van der Waals surface area contributed by atoms with E-state index in [4.69, 9.17) is 17.3 Å². The average molecular weight is 272 g/mol. The number of halogens is 1. The first kappa shape index (κ1) is 14.9. The van der Waals surface area contributed by atoms with Crippen molar-refractivity contribution < 1.29 is 0 Å². The highest BCUT2D eigenvalue weighted by atomic mass is 35.5. The van der Waals surface area contributed by atoms with E-state index in [0.29, 0.717) is 5.25 Å². The second-order valence-corrected chi connectivity index (χ2v) is 6.10. The largest absolute Gasteiger partial charge is 0.327 e. The molecule has 0 amide bonds. The SMILES string of the molecule is CCCCCSC(c1cccc(Cl)c1)C(C)N. The molecular formula is C14H22ClNS. The summed E-state index contributed by atoms with van der Waals surface area (Å²) in [4.78, 5) is 0. The van der Waals surface area contributed by atoms with Gasteiger partial charge in [0.15, 0.2) is 0 Å². The fraction of sp³-hybridized carbons (Fsp3) is 0.571. The molecule has 1 aromatic carbocycles. The van der Waals surface area contributed by atoms with E-state index >= 15 is 0 Å². The summed E-state index contributed by atoms with van der Waals surface area (Å²) in [5.41, 5.74) is 7.31. The van der Waals surface area contributed by atoms with Crippen LogP contribution in [0.4, 0.5) is 0 Å². The molecule has 0 aliphatic carbocycles. The third-order valence-electron chi connectivity index (χ3n) is 2.70. The van der Waals surface area contributed by atoms with Crippen molar-refractivity contribution in [2.24, 2.45) is 5.73 Å². The van der Waals surface area contributed by atoms with Gasteiger partial charge in [-0.3, -0.25) is 0 Å². The predicted molar refractivity (Wildman–Crippen MR) is 79.8 cm³/mol. The summed E-state index contributed by atoms with van der Waals surface area (Å²) < 4.78 is 0. The van der Waals surface area contributed by atoms with Crippen molar-refractivity contribution in [1.29, 1.82) is 0 Å². The van der Waals surface area contributed by atoms with Gasteiger partial charge in [0, 0.05) is 16.3 Å². The number of benzene rings is 1. The molecule has 2 unspecified atom stereocenters. The van der Waals surface area contributed by atoms with Gasteiger partial charge in [0.05, 0.1) is 0 Å². The Balaban J connectivity index is 2.59. The third kappa shape index (κ3) is 5.33. The molecule has 0 heterocycles. The topological polar surface area (TPSA) is 26.0 Å². The lowest BCUT2D eigenvalue weighted by atomic mass is 10.1. The minimum Gasteiger partial charge on any atom is -0.327 e. The Morgan fingerprint density at radius 2 is 2.12 bits per heavy atom. The van der Waals surface area contributed by atoms with Gasteiger partial charge < -0.3 is 5.73 Å². The molecule has 0 aliphatic rings. The van der Waals surface area contributed by atoms with E-state index in [-0.39, 0.29) is 6.04 Å². The van der Waals surface area contributed by atoms with E-state index in [2.05, 4.69) is 19.9 Å². The van der Waals surface area contributed by atoms with Crippen LogP contribution in [0.1, 0.15) is 43.9 Å². The molecule has 1 nitrogen and oxygen atoms in total. The molecule has 0 saturated heterocycles. The molecule has 0 fully saturated rings. The highest BCUT2D eigenvalue weighted by Gasteiger charge is 2.16. The van der Waals surface area contributed by atoms with Crippen LogP contribution in [-0.2, 0) is 0 Å². The van der Waals surface area contributed by atoms with Gasteiger partial charge in [0.1, 0.15) is 0 Å². The first-order valence-electron chi connectivity index (χ1n) is 6.27. The van der Waals surface area contributed by atoms with Crippen LogP contribution in [-0.4, -0.2) is 11.8 Å². The normalized spacial score (nSPS) is 14.6. The highest BCUT2D eigenvalue weighted by molar-refractivity contribution is 7.99. The van der Waals surface area contributed by atoms with Gasteiger partial charge in [-0.15, -0.1) is 0 Å². The van der Waals surface area contributed by atoms with Crippen LogP contribution < -0.4 is 5.73 Å². The molecule has 0 aliphatic heterocycles. The van der Waals surface area contributed by atoms with E-state index in [1.54, 1.807) is 0 Å². The van der Waals surface area contributed by atoms with Crippen molar-refractivity contribution in [3.63, 3.8) is 0 Å². The van der Waals surface area contributed by atoms with Gasteiger partial charge in [-0.05, 0) is 36.8 Å². The van der Waals surface area contributed by atoms with Gasteiger partial charge >= 0.3 is 0 Å². The number of hydrogen-bond acceptors (Lipinski definition) is 2. The summed E-state index contributed by atoms with van der Waals surface area (Å²) in [5.74, 6) is 1.17. The predicted octanol–water partition coefficient (Wildman–Crippen LogP) is 4.65. The van der Waals surface area contributed by atoms with Crippen LogP contribution in [0.5, 0.6) is 0 Å². The standard InChI is InChI=1S/C14H22ClNS/c1-3-4-5-9-17-14(11(2)16)12-7-6-8-13(15)10-12/h6-8,10-11,14H,3-5,9,16H2,1-2H3. The quantitative estimate of drug-likeness (QED) is 0.731. The maximum Gasteiger partial charge on any atom is 0.0446 e. The molecule has 1 aromatic rings. The summed E-state index contributed by atoms with van der Waals surface area (Å²) >= 11 is 7.98. The van der Waals surface area contributed by atoms with Gasteiger partial charge in [-0.25, -0.2) is 0 Å². The van der Waals surface area contributed by atoms with Gasteiger partial charge in [-0.1, -0.05) is 43.5 Å². The summed E-state index contributed by atoms with van der Waals surface area (Å²) in [6.07, 6.45) is 3.83. The maximum atomic E-state index is 6.07. The van der Waals surface area contributed by atoms with Crippen LogP contribution in [0.25, 0.3) is 0 Å². The number of rotatable bonds is 7. The molecular weight excluding hydrogens is 250 g/mol. The fourth-order valence-electron chi connectivity index (χ4n) is 1.80. The smallest absolute Gasteiger partial charge is 0.0446 e. The Bertz CT molecular complexity index is 328. The Morgan fingerprint density at radius 1 is 1.35 bits per heavy atom. The molecule has 0 bridgehead atoms. The second kappa shape index (κ2) is 8.02. The van der Waals surface area contributed by atoms with Crippen LogP contribution >= 0.6 is 23.4 Å². The summed E-state index contributed by atoms with van der Waals surface area (Å²) in [6.45, 7) is 4.29. The number of nitrogens with two attached hydrogens (primary N) is 1. The van der Waals surface area contributed by atoms with E-state index in [9.17, 15) is 0 Å². The number of hydrogen-bond donors (Lipinski definition) is 1. The molecule has 2 N–H and O–H groups in total. The van der Waals surface area contributed by atoms with Gasteiger partial charge in [0.25, 0.3) is 0 Å². The maximum absolute atomic E-state index is 6.07. The van der Waals surface area contributed by atoms with Crippen molar-refractivity contribution in [3.05, 3.63) is 34.9 Å². The summed E-state index contributed by atoms with van der Waals surface area (Å²) in [7, 11) is 0. The van der Waals surface area contributed by atoms with Crippen LogP contribution in [0, 0.1) is 0 Å². The van der Waals surface area contributed by atoms with Gasteiger partial charge in [0.2, 0.25) is 0 Å². The zero-order valence-corrected chi connectivity index (χ0v) is 12.2. The fourth-order valence-corrected chi connectivity index (χ4v) is 3.26. The van der Waals surface area contributed by atoms with E-state index < -0.39 is 0 Å². The lowest BCUT2D eigenvalue weighted by molar-refractivity contribution is 0.716. The Labute approximate surface area is 114 Å². The molecule has 96 valence electrons. The zero-order chi connectivity index (χ0) is 12.7. The van der Waals surface area contributed by atoms with E-state index in [1.807, 2.05) is 30.0 Å². The average Bonchev–Trinajstić information content (AvgIpc) is 2.28. The Morgan fingerprint density at radius 3 is 2.71 bits per heavy atom. The molecule has 0 saturated carbocycles. The lowest BCUT2D eigenvalue weighted by Gasteiger charge is -2.21. The third-order valence-corrected chi connectivity index (χ3v) is 4.52. The lowest BCUT2D eigenvalue weighted by Crippen LogP contribution is -2.22.